The molecule has 5 heteroatoms. The van der Waals surface area contributed by atoms with Crippen LogP contribution in [0.15, 0.2) is 42.5 Å². The maximum atomic E-state index is 13.8. The molecular weight excluding hydrogens is 273 g/mol. The summed E-state index contributed by atoms with van der Waals surface area (Å²) in [7, 11) is 0. The first kappa shape index (κ1) is 13.3. The number of rotatable bonds is 2. The zero-order valence-electron chi connectivity index (χ0n) is 11.0. The Morgan fingerprint density at radius 1 is 1.14 bits per heavy atom. The lowest BCUT2D eigenvalue weighted by Crippen LogP contribution is -2.38. The number of carboxylic acid groups (broad SMARTS) is 1. The number of halogens is 1. The molecule has 1 aliphatic rings. The van der Waals surface area contributed by atoms with Crippen LogP contribution in [0.2, 0.25) is 0 Å². The summed E-state index contributed by atoms with van der Waals surface area (Å²) in [5.74, 6) is -2.52. The van der Waals surface area contributed by atoms with Gasteiger partial charge < -0.3 is 10.0 Å². The Balaban J connectivity index is 2.10. The Bertz CT molecular complexity index is 742. The van der Waals surface area contributed by atoms with Crippen molar-refractivity contribution in [2.75, 3.05) is 11.4 Å². The van der Waals surface area contributed by atoms with Gasteiger partial charge in [-0.1, -0.05) is 24.3 Å². The van der Waals surface area contributed by atoms with E-state index < -0.39 is 17.3 Å². The molecule has 0 bridgehead atoms. The summed E-state index contributed by atoms with van der Waals surface area (Å²) in [4.78, 5) is 25.1. The van der Waals surface area contributed by atoms with E-state index in [0.29, 0.717) is 18.5 Å². The largest absolute Gasteiger partial charge is 0.478 e. The molecule has 0 radical (unpaired) electrons. The minimum absolute atomic E-state index is 0.0991. The minimum atomic E-state index is -1.38. The van der Waals surface area contributed by atoms with Gasteiger partial charge in [0.05, 0.1) is 5.69 Å². The Kier molecular flexibility index (Phi) is 3.17. The molecule has 1 amide bonds. The first-order valence-electron chi connectivity index (χ1n) is 6.51. The lowest BCUT2D eigenvalue weighted by molar-refractivity contribution is 0.0692. The van der Waals surface area contributed by atoms with Crippen LogP contribution in [0.5, 0.6) is 0 Å². The number of fused-ring (bicyclic) bond motifs is 1. The maximum absolute atomic E-state index is 13.8. The fraction of sp³-hybridized carbons (Fsp3) is 0.125. The first-order valence-corrected chi connectivity index (χ1v) is 6.51. The van der Waals surface area contributed by atoms with Crippen LogP contribution in [0.25, 0.3) is 0 Å². The number of carbonyl (C=O) groups is 2. The van der Waals surface area contributed by atoms with Crippen molar-refractivity contribution in [3.8, 4) is 0 Å². The van der Waals surface area contributed by atoms with Crippen molar-refractivity contribution in [1.29, 1.82) is 0 Å². The third-order valence-corrected chi connectivity index (χ3v) is 3.59. The Hall–Kier alpha value is -2.69. The number of nitrogens with zero attached hydrogens (tertiary/aromatic N) is 1. The van der Waals surface area contributed by atoms with E-state index in [1.54, 1.807) is 12.1 Å². The van der Waals surface area contributed by atoms with Gasteiger partial charge in [-0.2, -0.15) is 0 Å². The minimum Gasteiger partial charge on any atom is -0.478 e. The fourth-order valence-electron chi connectivity index (χ4n) is 2.61. The summed E-state index contributed by atoms with van der Waals surface area (Å²) in [6.07, 6.45) is 0.609. The highest BCUT2D eigenvalue weighted by Crippen LogP contribution is 2.28. The van der Waals surface area contributed by atoms with Crippen molar-refractivity contribution in [3.05, 3.63) is 65.0 Å². The van der Waals surface area contributed by atoms with Crippen LogP contribution in [0.3, 0.4) is 0 Å². The van der Waals surface area contributed by atoms with Gasteiger partial charge in [0.2, 0.25) is 0 Å². The molecule has 0 unspecified atom stereocenters. The van der Waals surface area contributed by atoms with Crippen molar-refractivity contribution in [3.63, 3.8) is 0 Å². The van der Waals surface area contributed by atoms with Crippen LogP contribution in [-0.4, -0.2) is 23.5 Å². The highest BCUT2D eigenvalue weighted by atomic mass is 19.1. The molecule has 2 aromatic rings. The predicted molar refractivity (Wildman–Crippen MR) is 75.2 cm³/mol. The van der Waals surface area contributed by atoms with Crippen LogP contribution in [0, 0.1) is 5.82 Å². The molecule has 2 aromatic carbocycles. The Morgan fingerprint density at radius 3 is 2.67 bits per heavy atom. The monoisotopic (exact) mass is 285 g/mol. The summed E-state index contributed by atoms with van der Waals surface area (Å²) < 4.78 is 13.8. The molecule has 0 aliphatic carbocycles. The van der Waals surface area contributed by atoms with Gasteiger partial charge in [-0.3, -0.25) is 4.79 Å². The highest BCUT2D eigenvalue weighted by molar-refractivity contribution is 6.11. The molecular formula is C16H12FNO3. The van der Waals surface area contributed by atoms with Gasteiger partial charge in [0.1, 0.15) is 11.4 Å². The van der Waals surface area contributed by atoms with Crippen molar-refractivity contribution in [2.24, 2.45) is 0 Å². The van der Waals surface area contributed by atoms with Crippen LogP contribution < -0.4 is 4.90 Å². The average molecular weight is 285 g/mol. The summed E-state index contributed by atoms with van der Waals surface area (Å²) in [5.41, 5.74) is 1.09. The summed E-state index contributed by atoms with van der Waals surface area (Å²) in [6.45, 7) is 0.333. The Labute approximate surface area is 120 Å². The van der Waals surface area contributed by atoms with Gasteiger partial charge >= 0.3 is 5.97 Å². The normalized spacial score (nSPS) is 14.0. The fourth-order valence-corrected chi connectivity index (χ4v) is 2.61. The van der Waals surface area contributed by atoms with Crippen LogP contribution in [0.4, 0.5) is 10.1 Å². The molecule has 0 spiro atoms. The Morgan fingerprint density at radius 2 is 1.90 bits per heavy atom. The molecule has 0 saturated heterocycles. The zero-order chi connectivity index (χ0) is 15.0. The summed E-state index contributed by atoms with van der Waals surface area (Å²) in [6, 6.07) is 11.1. The molecule has 1 heterocycles. The lowest BCUT2D eigenvalue weighted by Gasteiger charge is -2.29. The van der Waals surface area contributed by atoms with Crippen molar-refractivity contribution in [2.45, 2.75) is 6.42 Å². The quantitative estimate of drug-likeness (QED) is 0.923. The number of hydrogen-bond donors (Lipinski definition) is 1. The van der Waals surface area contributed by atoms with Crippen molar-refractivity contribution in [1.82, 2.24) is 0 Å². The average Bonchev–Trinajstić information content (AvgIpc) is 2.47. The lowest BCUT2D eigenvalue weighted by atomic mass is 9.98. The van der Waals surface area contributed by atoms with E-state index in [1.807, 2.05) is 12.1 Å². The van der Waals surface area contributed by atoms with E-state index in [0.717, 1.165) is 11.6 Å². The summed E-state index contributed by atoms with van der Waals surface area (Å²) in [5, 5.41) is 9.18. The molecule has 0 atom stereocenters. The molecule has 0 fully saturated rings. The number of carboxylic acids is 1. The molecule has 1 aliphatic heterocycles. The smallest absolute Gasteiger partial charge is 0.340 e. The van der Waals surface area contributed by atoms with Gasteiger partial charge in [-0.05, 0) is 30.2 Å². The van der Waals surface area contributed by atoms with Crippen molar-refractivity contribution >= 4 is 17.6 Å². The SMILES string of the molecule is O=C(O)c1c(F)cccc1N1CCc2ccccc2C1=O. The molecule has 4 nitrogen and oxygen atoms in total. The van der Waals surface area contributed by atoms with E-state index in [9.17, 15) is 19.1 Å². The van der Waals surface area contributed by atoms with Gasteiger partial charge in [-0.25, -0.2) is 9.18 Å². The zero-order valence-corrected chi connectivity index (χ0v) is 11.0. The molecule has 0 saturated carbocycles. The number of amides is 1. The molecule has 1 N–H and O–H groups in total. The second-order valence-corrected chi connectivity index (χ2v) is 4.80. The predicted octanol–water partition coefficient (Wildman–Crippen LogP) is 2.73. The number of anilines is 1. The third-order valence-electron chi connectivity index (χ3n) is 3.59. The topological polar surface area (TPSA) is 57.6 Å². The van der Waals surface area contributed by atoms with E-state index in [1.165, 1.54) is 17.0 Å². The van der Waals surface area contributed by atoms with Gasteiger partial charge in [0.15, 0.2) is 0 Å². The van der Waals surface area contributed by atoms with Crippen molar-refractivity contribution < 1.29 is 19.1 Å². The second kappa shape index (κ2) is 5.01. The van der Waals surface area contributed by atoms with Gasteiger partial charge in [-0.15, -0.1) is 0 Å². The molecule has 106 valence electrons. The van der Waals surface area contributed by atoms with Gasteiger partial charge in [0.25, 0.3) is 5.91 Å². The molecule has 21 heavy (non-hydrogen) atoms. The third kappa shape index (κ3) is 2.16. The summed E-state index contributed by atoms with van der Waals surface area (Å²) >= 11 is 0. The molecule has 3 rings (SSSR count). The van der Waals surface area contributed by atoms with E-state index >= 15 is 0 Å². The second-order valence-electron chi connectivity index (χ2n) is 4.80. The molecule has 0 aromatic heterocycles. The maximum Gasteiger partial charge on any atom is 0.340 e. The number of aromatic carboxylic acids is 1. The number of benzene rings is 2. The first-order chi connectivity index (χ1) is 10.1. The highest BCUT2D eigenvalue weighted by Gasteiger charge is 2.29. The van der Waals surface area contributed by atoms with Crippen LogP contribution >= 0.6 is 0 Å². The standard InChI is InChI=1S/C16H12FNO3/c17-12-6-3-7-13(14(12)16(20)21)18-9-8-10-4-1-2-5-11(10)15(18)19/h1-7H,8-9H2,(H,20,21). The van der Waals surface area contributed by atoms with E-state index in [-0.39, 0.29) is 11.6 Å². The van der Waals surface area contributed by atoms with E-state index in [4.69, 9.17) is 0 Å². The number of carbonyl (C=O) groups excluding carboxylic acids is 1. The van der Waals surface area contributed by atoms with Crippen LogP contribution in [0.1, 0.15) is 26.3 Å². The van der Waals surface area contributed by atoms with Gasteiger partial charge in [0, 0.05) is 12.1 Å². The van der Waals surface area contributed by atoms with Crippen LogP contribution in [-0.2, 0) is 6.42 Å². The van der Waals surface area contributed by atoms with E-state index in [2.05, 4.69) is 0 Å². The number of hydrogen-bond acceptors (Lipinski definition) is 2.